The Labute approximate surface area is 195 Å². The Morgan fingerprint density at radius 1 is 1.25 bits per heavy atom. The van der Waals surface area contributed by atoms with Gasteiger partial charge in [0.2, 0.25) is 0 Å². The highest BCUT2D eigenvalue weighted by molar-refractivity contribution is 6.33. The van der Waals surface area contributed by atoms with E-state index in [1.807, 2.05) is 6.92 Å². The number of methoxy groups -OCH3 is 1. The summed E-state index contributed by atoms with van der Waals surface area (Å²) in [4.78, 5) is 27.5. The van der Waals surface area contributed by atoms with E-state index in [2.05, 4.69) is 17.1 Å². The van der Waals surface area contributed by atoms with Gasteiger partial charge in [-0.25, -0.2) is 0 Å². The van der Waals surface area contributed by atoms with Crippen LogP contribution in [0.25, 0.3) is 0 Å². The summed E-state index contributed by atoms with van der Waals surface area (Å²) < 4.78 is 10.5. The van der Waals surface area contributed by atoms with Crippen molar-refractivity contribution in [2.45, 2.75) is 89.4 Å². The van der Waals surface area contributed by atoms with E-state index in [4.69, 9.17) is 26.8 Å². The molecular formula is C24H36ClN3O4. The first-order valence-corrected chi connectivity index (χ1v) is 12.1. The number of esters is 1. The van der Waals surface area contributed by atoms with Crippen LogP contribution in [0, 0.1) is 0 Å². The Hall–Kier alpha value is -1.99. The Morgan fingerprint density at radius 3 is 2.53 bits per heavy atom. The Bertz CT molecular complexity index is 805. The normalized spacial score (nSPS) is 23.9. The van der Waals surface area contributed by atoms with Crippen LogP contribution in [0.1, 0.15) is 75.6 Å². The van der Waals surface area contributed by atoms with Crippen molar-refractivity contribution in [3.63, 3.8) is 0 Å². The van der Waals surface area contributed by atoms with E-state index < -0.39 is 0 Å². The molecule has 178 valence electrons. The number of nitrogens with one attached hydrogen (secondary N) is 1. The number of hydrogen-bond donors (Lipinski definition) is 2. The number of benzene rings is 1. The van der Waals surface area contributed by atoms with E-state index in [0.29, 0.717) is 53.2 Å². The Kier molecular flexibility index (Phi) is 8.65. The van der Waals surface area contributed by atoms with Gasteiger partial charge in [-0.1, -0.05) is 24.9 Å². The van der Waals surface area contributed by atoms with Gasteiger partial charge in [0.05, 0.1) is 30.0 Å². The minimum Gasteiger partial charge on any atom is -0.496 e. The van der Waals surface area contributed by atoms with Crippen LogP contribution < -0.4 is 15.8 Å². The predicted octanol–water partition coefficient (Wildman–Crippen LogP) is 4.17. The minimum absolute atomic E-state index is 0.0950. The maximum Gasteiger partial charge on any atom is 0.305 e. The molecule has 1 aromatic rings. The topological polar surface area (TPSA) is 93.9 Å². The number of amides is 1. The molecule has 3 rings (SSSR count). The number of nitrogens with zero attached hydrogens (tertiary/aromatic N) is 1. The summed E-state index contributed by atoms with van der Waals surface area (Å²) in [7, 11) is 1.52. The SMILES string of the molecule is CCOC(=O)CCC(CC)N1C2CCCC1CC(NC(=O)c1cc(Cl)c(N)cc1OC)C2. The fourth-order valence-electron chi connectivity index (χ4n) is 5.39. The lowest BCUT2D eigenvalue weighted by atomic mass is 9.79. The summed E-state index contributed by atoms with van der Waals surface area (Å²) in [6, 6.07) is 4.45. The van der Waals surface area contributed by atoms with Crippen molar-refractivity contribution in [3.05, 3.63) is 22.7 Å². The second-order valence-corrected chi connectivity index (χ2v) is 9.21. The fraction of sp³-hybridized carbons (Fsp3) is 0.667. The molecule has 32 heavy (non-hydrogen) atoms. The lowest BCUT2D eigenvalue weighted by molar-refractivity contribution is -0.143. The van der Waals surface area contributed by atoms with Crippen LogP contribution in [0.2, 0.25) is 5.02 Å². The lowest BCUT2D eigenvalue weighted by Crippen LogP contribution is -2.60. The second kappa shape index (κ2) is 11.2. The zero-order valence-corrected chi connectivity index (χ0v) is 20.1. The van der Waals surface area contributed by atoms with Crippen LogP contribution >= 0.6 is 11.6 Å². The monoisotopic (exact) mass is 465 g/mol. The summed E-state index contributed by atoms with van der Waals surface area (Å²) in [5, 5.41) is 3.55. The average molecular weight is 466 g/mol. The van der Waals surface area contributed by atoms with Crippen molar-refractivity contribution >= 4 is 29.2 Å². The van der Waals surface area contributed by atoms with Gasteiger partial charge in [0, 0.05) is 36.7 Å². The van der Waals surface area contributed by atoms with E-state index >= 15 is 0 Å². The Balaban J connectivity index is 1.67. The zero-order valence-electron chi connectivity index (χ0n) is 19.4. The van der Waals surface area contributed by atoms with E-state index in [-0.39, 0.29) is 17.9 Å². The molecule has 2 bridgehead atoms. The van der Waals surface area contributed by atoms with Gasteiger partial charge in [-0.05, 0) is 51.5 Å². The summed E-state index contributed by atoms with van der Waals surface area (Å²) in [6.07, 6.45) is 7.55. The van der Waals surface area contributed by atoms with E-state index in [1.165, 1.54) is 13.5 Å². The average Bonchev–Trinajstić information content (AvgIpc) is 2.76. The molecule has 2 heterocycles. The molecule has 7 nitrogen and oxygen atoms in total. The largest absolute Gasteiger partial charge is 0.496 e. The van der Waals surface area contributed by atoms with Crippen molar-refractivity contribution in [1.29, 1.82) is 0 Å². The number of hydrogen-bond acceptors (Lipinski definition) is 6. The number of fused-ring (bicyclic) bond motifs is 2. The van der Waals surface area contributed by atoms with Crippen molar-refractivity contribution < 1.29 is 19.1 Å². The van der Waals surface area contributed by atoms with Gasteiger partial charge in [-0.2, -0.15) is 0 Å². The standard InChI is InChI=1S/C24H36ClN3O4/c1-4-16(9-10-23(29)32-5-2)28-17-7-6-8-18(28)12-15(11-17)27-24(30)19-13-20(25)21(26)14-22(19)31-3/h13-18H,4-12,26H2,1-3H3,(H,27,30). The summed E-state index contributed by atoms with van der Waals surface area (Å²) in [5.74, 6) is 0.121. The van der Waals surface area contributed by atoms with Gasteiger partial charge < -0.3 is 20.5 Å². The fourth-order valence-corrected chi connectivity index (χ4v) is 5.56. The van der Waals surface area contributed by atoms with Gasteiger partial charge in [-0.15, -0.1) is 0 Å². The molecule has 3 atom stereocenters. The number of nitrogen functional groups attached to an aromatic ring is 1. The van der Waals surface area contributed by atoms with Crippen LogP contribution in [0.5, 0.6) is 5.75 Å². The summed E-state index contributed by atoms with van der Waals surface area (Å²) >= 11 is 6.15. The van der Waals surface area contributed by atoms with Crippen LogP contribution in [-0.2, 0) is 9.53 Å². The number of ether oxygens (including phenoxy) is 2. The molecule has 3 N–H and O–H groups in total. The van der Waals surface area contributed by atoms with Gasteiger partial charge >= 0.3 is 5.97 Å². The number of halogens is 1. The maximum absolute atomic E-state index is 13.0. The maximum atomic E-state index is 13.0. The number of carbonyl (C=O) groups excluding carboxylic acids is 2. The van der Waals surface area contributed by atoms with Crippen molar-refractivity contribution in [2.75, 3.05) is 19.5 Å². The molecule has 0 saturated carbocycles. The molecule has 1 aromatic carbocycles. The number of anilines is 1. The molecule has 0 spiro atoms. The second-order valence-electron chi connectivity index (χ2n) is 8.81. The highest BCUT2D eigenvalue weighted by atomic mass is 35.5. The Morgan fingerprint density at radius 2 is 1.94 bits per heavy atom. The highest BCUT2D eigenvalue weighted by Gasteiger charge is 2.41. The first-order chi connectivity index (χ1) is 15.4. The van der Waals surface area contributed by atoms with Gasteiger partial charge in [-0.3, -0.25) is 14.5 Å². The molecule has 8 heteroatoms. The number of carbonyl (C=O) groups is 2. The molecule has 0 aliphatic carbocycles. The first-order valence-electron chi connectivity index (χ1n) is 11.7. The number of nitrogens with two attached hydrogens (primary N) is 1. The van der Waals surface area contributed by atoms with Gasteiger partial charge in [0.15, 0.2) is 0 Å². The molecule has 3 unspecified atom stereocenters. The van der Waals surface area contributed by atoms with Crippen LogP contribution in [0.4, 0.5) is 5.69 Å². The first kappa shape index (κ1) is 24.6. The van der Waals surface area contributed by atoms with E-state index in [0.717, 1.165) is 38.5 Å². The zero-order chi connectivity index (χ0) is 23.3. The molecule has 2 aliphatic heterocycles. The van der Waals surface area contributed by atoms with Crippen LogP contribution in [0.3, 0.4) is 0 Å². The molecular weight excluding hydrogens is 430 g/mol. The highest BCUT2D eigenvalue weighted by Crippen LogP contribution is 2.38. The van der Waals surface area contributed by atoms with Crippen molar-refractivity contribution in [3.8, 4) is 5.75 Å². The number of rotatable bonds is 9. The molecule has 0 aromatic heterocycles. The van der Waals surface area contributed by atoms with Crippen LogP contribution in [-0.4, -0.2) is 54.7 Å². The van der Waals surface area contributed by atoms with Crippen molar-refractivity contribution in [1.82, 2.24) is 10.2 Å². The van der Waals surface area contributed by atoms with E-state index in [9.17, 15) is 9.59 Å². The molecule has 2 fully saturated rings. The third-order valence-corrected chi connectivity index (χ3v) is 7.14. The third-order valence-electron chi connectivity index (χ3n) is 6.81. The van der Waals surface area contributed by atoms with Crippen molar-refractivity contribution in [2.24, 2.45) is 0 Å². The lowest BCUT2D eigenvalue weighted by Gasteiger charge is -2.52. The predicted molar refractivity (Wildman–Crippen MR) is 126 cm³/mol. The summed E-state index contributed by atoms with van der Waals surface area (Å²) in [6.45, 7) is 4.46. The quantitative estimate of drug-likeness (QED) is 0.420. The smallest absolute Gasteiger partial charge is 0.305 e. The van der Waals surface area contributed by atoms with E-state index in [1.54, 1.807) is 12.1 Å². The molecule has 1 amide bonds. The molecule has 2 saturated heterocycles. The number of piperidine rings is 2. The molecule has 2 aliphatic rings. The van der Waals surface area contributed by atoms with Crippen LogP contribution in [0.15, 0.2) is 12.1 Å². The minimum atomic E-state index is -0.186. The van der Waals surface area contributed by atoms with Gasteiger partial charge in [0.25, 0.3) is 5.91 Å². The van der Waals surface area contributed by atoms with Gasteiger partial charge in [0.1, 0.15) is 5.75 Å². The summed E-state index contributed by atoms with van der Waals surface area (Å²) in [5.41, 5.74) is 6.64. The molecule has 0 radical (unpaired) electrons. The third kappa shape index (κ3) is 5.67.